The molecule has 2 aromatic rings. The van der Waals surface area contributed by atoms with E-state index in [0.717, 1.165) is 17.1 Å². The van der Waals surface area contributed by atoms with Gasteiger partial charge in [0.05, 0.1) is 5.69 Å². The Balaban J connectivity index is 2.65. The lowest BCUT2D eigenvalue weighted by Gasteiger charge is -2.18. The minimum Gasteiger partial charge on any atom is -0.313 e. The predicted octanol–water partition coefficient (Wildman–Crippen LogP) is 2.91. The van der Waals surface area contributed by atoms with E-state index in [0.29, 0.717) is 5.56 Å². The van der Waals surface area contributed by atoms with Gasteiger partial charge in [0.15, 0.2) is 0 Å². The van der Waals surface area contributed by atoms with E-state index in [-0.39, 0.29) is 11.9 Å². The van der Waals surface area contributed by atoms with Gasteiger partial charge < -0.3 is 9.88 Å². The number of benzene rings is 1. The van der Waals surface area contributed by atoms with Crippen molar-refractivity contribution in [3.63, 3.8) is 0 Å². The number of aromatic nitrogens is 2. The smallest absolute Gasteiger partial charge is 0.126 e. The molecule has 2 rings (SSSR count). The zero-order valence-corrected chi connectivity index (χ0v) is 11.2. The fourth-order valence-electron chi connectivity index (χ4n) is 2.03. The average molecular weight is 247 g/mol. The third kappa shape index (κ3) is 2.16. The summed E-state index contributed by atoms with van der Waals surface area (Å²) >= 11 is 0. The molecule has 4 heteroatoms. The molecule has 0 fully saturated rings. The van der Waals surface area contributed by atoms with Crippen molar-refractivity contribution in [3.8, 4) is 5.69 Å². The Kier molecular flexibility index (Phi) is 3.48. The van der Waals surface area contributed by atoms with Crippen molar-refractivity contribution in [1.29, 1.82) is 0 Å². The average Bonchev–Trinajstić information content (AvgIpc) is 2.77. The molecule has 1 N–H and O–H groups in total. The molecule has 0 saturated carbocycles. The number of aryl methyl sites for hydroxylation is 2. The number of imidazole rings is 1. The molecule has 0 amide bonds. The zero-order chi connectivity index (χ0) is 13.3. The molecule has 0 aliphatic heterocycles. The Morgan fingerprint density at radius 1 is 1.33 bits per heavy atom. The van der Waals surface area contributed by atoms with Crippen LogP contribution in [0.15, 0.2) is 24.5 Å². The van der Waals surface area contributed by atoms with Crippen molar-refractivity contribution in [3.05, 3.63) is 47.3 Å². The SMILES string of the molecule is CNC(C)c1cc(F)c(C)cc1-n1ccnc1C. The van der Waals surface area contributed by atoms with Gasteiger partial charge in [0.2, 0.25) is 0 Å². The zero-order valence-electron chi connectivity index (χ0n) is 11.2. The van der Waals surface area contributed by atoms with Gasteiger partial charge in [0, 0.05) is 18.4 Å². The summed E-state index contributed by atoms with van der Waals surface area (Å²) in [6.07, 6.45) is 3.65. The molecule has 0 spiro atoms. The van der Waals surface area contributed by atoms with Crippen LogP contribution in [0.4, 0.5) is 4.39 Å². The summed E-state index contributed by atoms with van der Waals surface area (Å²) in [5.74, 6) is 0.721. The molecule has 1 atom stereocenters. The fraction of sp³-hybridized carbons (Fsp3) is 0.357. The van der Waals surface area contributed by atoms with Crippen LogP contribution < -0.4 is 5.32 Å². The summed E-state index contributed by atoms with van der Waals surface area (Å²) in [5, 5.41) is 3.15. The van der Waals surface area contributed by atoms with E-state index in [2.05, 4.69) is 10.3 Å². The highest BCUT2D eigenvalue weighted by molar-refractivity contribution is 5.46. The van der Waals surface area contributed by atoms with Crippen LogP contribution in [0.1, 0.15) is 29.9 Å². The van der Waals surface area contributed by atoms with Crippen molar-refractivity contribution < 1.29 is 4.39 Å². The summed E-state index contributed by atoms with van der Waals surface area (Å²) in [6, 6.07) is 3.55. The quantitative estimate of drug-likeness (QED) is 0.903. The molecule has 0 bridgehead atoms. The number of nitrogens with one attached hydrogen (secondary N) is 1. The molecular formula is C14H18FN3. The van der Waals surface area contributed by atoms with Gasteiger partial charge in [-0.15, -0.1) is 0 Å². The van der Waals surface area contributed by atoms with Gasteiger partial charge in [0.25, 0.3) is 0 Å². The van der Waals surface area contributed by atoms with Crippen LogP contribution in [-0.4, -0.2) is 16.6 Å². The van der Waals surface area contributed by atoms with Crippen LogP contribution in [0, 0.1) is 19.7 Å². The second kappa shape index (κ2) is 4.90. The van der Waals surface area contributed by atoms with Gasteiger partial charge in [-0.3, -0.25) is 0 Å². The highest BCUT2D eigenvalue weighted by Crippen LogP contribution is 2.25. The van der Waals surface area contributed by atoms with Gasteiger partial charge in [-0.2, -0.15) is 0 Å². The van der Waals surface area contributed by atoms with Gasteiger partial charge in [0.1, 0.15) is 11.6 Å². The van der Waals surface area contributed by atoms with Crippen molar-refractivity contribution in [1.82, 2.24) is 14.9 Å². The minimum atomic E-state index is -0.173. The first-order valence-corrected chi connectivity index (χ1v) is 6.02. The van der Waals surface area contributed by atoms with Crippen LogP contribution in [-0.2, 0) is 0 Å². The maximum absolute atomic E-state index is 13.7. The molecule has 1 aromatic heterocycles. The summed E-state index contributed by atoms with van der Waals surface area (Å²) < 4.78 is 15.7. The lowest BCUT2D eigenvalue weighted by molar-refractivity contribution is 0.598. The van der Waals surface area contributed by atoms with Crippen molar-refractivity contribution in [2.45, 2.75) is 26.8 Å². The number of nitrogens with zero attached hydrogens (tertiary/aromatic N) is 2. The monoisotopic (exact) mass is 247 g/mol. The molecule has 0 radical (unpaired) electrons. The van der Waals surface area contributed by atoms with Crippen LogP contribution in [0.25, 0.3) is 5.69 Å². The lowest BCUT2D eigenvalue weighted by Crippen LogP contribution is -2.16. The summed E-state index contributed by atoms with van der Waals surface area (Å²) in [7, 11) is 1.87. The second-order valence-corrected chi connectivity index (χ2v) is 4.52. The number of hydrogen-bond acceptors (Lipinski definition) is 2. The molecule has 0 aliphatic rings. The molecule has 18 heavy (non-hydrogen) atoms. The fourth-order valence-corrected chi connectivity index (χ4v) is 2.03. The van der Waals surface area contributed by atoms with E-state index in [4.69, 9.17) is 0 Å². The molecule has 0 aliphatic carbocycles. The Labute approximate surface area is 107 Å². The van der Waals surface area contributed by atoms with E-state index in [9.17, 15) is 4.39 Å². The predicted molar refractivity (Wildman–Crippen MR) is 70.5 cm³/mol. The lowest BCUT2D eigenvalue weighted by atomic mass is 10.0. The normalized spacial score (nSPS) is 12.7. The molecule has 1 unspecified atom stereocenters. The van der Waals surface area contributed by atoms with E-state index in [1.165, 1.54) is 0 Å². The highest BCUT2D eigenvalue weighted by Gasteiger charge is 2.14. The first-order valence-electron chi connectivity index (χ1n) is 6.02. The first kappa shape index (κ1) is 12.8. The maximum Gasteiger partial charge on any atom is 0.126 e. The molecule has 1 aromatic carbocycles. The highest BCUT2D eigenvalue weighted by atomic mass is 19.1. The van der Waals surface area contributed by atoms with Gasteiger partial charge >= 0.3 is 0 Å². The largest absolute Gasteiger partial charge is 0.313 e. The topological polar surface area (TPSA) is 29.9 Å². The third-order valence-corrected chi connectivity index (χ3v) is 3.29. The van der Waals surface area contributed by atoms with Crippen LogP contribution >= 0.6 is 0 Å². The van der Waals surface area contributed by atoms with Gasteiger partial charge in [-0.1, -0.05) is 0 Å². The molecular weight excluding hydrogens is 229 g/mol. The Hall–Kier alpha value is -1.68. The van der Waals surface area contributed by atoms with Crippen molar-refractivity contribution in [2.24, 2.45) is 0 Å². The molecule has 3 nitrogen and oxygen atoms in total. The van der Waals surface area contributed by atoms with Crippen LogP contribution in [0.3, 0.4) is 0 Å². The number of rotatable bonds is 3. The standard InChI is InChI=1S/C14H18FN3/c1-9-7-14(18-6-5-17-11(18)3)12(8-13(9)15)10(2)16-4/h5-8,10,16H,1-4H3. The Bertz CT molecular complexity index is 560. The number of halogens is 1. The summed E-state index contributed by atoms with van der Waals surface area (Å²) in [6.45, 7) is 5.73. The summed E-state index contributed by atoms with van der Waals surface area (Å²) in [5.41, 5.74) is 2.55. The first-order chi connectivity index (χ1) is 8.54. The van der Waals surface area contributed by atoms with Crippen molar-refractivity contribution in [2.75, 3.05) is 7.05 Å². The van der Waals surface area contributed by atoms with E-state index in [1.54, 1.807) is 19.2 Å². The van der Waals surface area contributed by atoms with Gasteiger partial charge in [-0.05, 0) is 51.1 Å². The minimum absolute atomic E-state index is 0.0805. The molecule has 1 heterocycles. The Morgan fingerprint density at radius 2 is 2.06 bits per heavy atom. The number of hydrogen-bond donors (Lipinski definition) is 1. The van der Waals surface area contributed by atoms with Crippen LogP contribution in [0.2, 0.25) is 0 Å². The molecule has 96 valence electrons. The van der Waals surface area contributed by atoms with E-state index < -0.39 is 0 Å². The summed E-state index contributed by atoms with van der Waals surface area (Å²) in [4.78, 5) is 4.22. The maximum atomic E-state index is 13.7. The van der Waals surface area contributed by atoms with Crippen molar-refractivity contribution >= 4 is 0 Å². The Morgan fingerprint density at radius 3 is 2.61 bits per heavy atom. The van der Waals surface area contributed by atoms with Crippen LogP contribution in [0.5, 0.6) is 0 Å². The third-order valence-electron chi connectivity index (χ3n) is 3.29. The van der Waals surface area contributed by atoms with Gasteiger partial charge in [-0.25, -0.2) is 9.37 Å². The molecule has 0 saturated heterocycles. The van der Waals surface area contributed by atoms with E-state index in [1.807, 2.05) is 37.7 Å². The van der Waals surface area contributed by atoms with E-state index >= 15 is 0 Å². The second-order valence-electron chi connectivity index (χ2n) is 4.52.